The minimum atomic E-state index is -4.36. The molecule has 0 atom stereocenters. The monoisotopic (exact) mass is 367 g/mol. The molecule has 2 N–H and O–H groups in total. The van der Waals surface area contributed by atoms with Gasteiger partial charge in [0.15, 0.2) is 0 Å². The van der Waals surface area contributed by atoms with E-state index < -0.39 is 26.6 Å². The molecule has 0 spiro atoms. The van der Waals surface area contributed by atoms with Gasteiger partial charge >= 0.3 is 0 Å². The smallest absolute Gasteiger partial charge is 0.241 e. The van der Waals surface area contributed by atoms with E-state index in [4.69, 9.17) is 5.14 Å². The molecule has 0 aliphatic rings. The Labute approximate surface area is 140 Å². The molecule has 2 aromatic heterocycles. The highest BCUT2D eigenvalue weighted by atomic mass is 32.2. The lowest BCUT2D eigenvalue weighted by Gasteiger charge is -2.09. The zero-order chi connectivity index (χ0) is 17.5. The van der Waals surface area contributed by atoms with Crippen LogP contribution in [0.25, 0.3) is 21.8 Å². The predicted molar refractivity (Wildman–Crippen MR) is 86.8 cm³/mol. The lowest BCUT2D eigenvalue weighted by Crippen LogP contribution is -2.14. The van der Waals surface area contributed by atoms with Crippen molar-refractivity contribution in [3.8, 4) is 21.8 Å². The van der Waals surface area contributed by atoms with Crippen LogP contribution in [-0.4, -0.2) is 18.4 Å². The van der Waals surface area contributed by atoms with E-state index in [2.05, 4.69) is 9.97 Å². The quantitative estimate of drug-likeness (QED) is 0.771. The van der Waals surface area contributed by atoms with Gasteiger partial charge in [0.05, 0.1) is 5.69 Å². The summed E-state index contributed by atoms with van der Waals surface area (Å²) in [5.41, 5.74) is 1.32. The molecule has 1 aromatic carbocycles. The van der Waals surface area contributed by atoms with Crippen molar-refractivity contribution < 1.29 is 17.2 Å². The normalized spacial score (nSPS) is 11.7. The van der Waals surface area contributed by atoms with Gasteiger partial charge in [0.25, 0.3) is 0 Å². The van der Waals surface area contributed by atoms with Crippen LogP contribution in [0.15, 0.2) is 40.7 Å². The largest absolute Gasteiger partial charge is 0.255 e. The molecule has 0 aliphatic heterocycles. The molecule has 0 unspecified atom stereocenters. The molecule has 5 nitrogen and oxygen atoms in total. The van der Waals surface area contributed by atoms with E-state index in [-0.39, 0.29) is 11.3 Å². The maximum absolute atomic E-state index is 14.4. The van der Waals surface area contributed by atoms with Crippen molar-refractivity contribution in [3.05, 3.63) is 53.2 Å². The third-order valence-electron chi connectivity index (χ3n) is 3.24. The van der Waals surface area contributed by atoms with Gasteiger partial charge in [0.1, 0.15) is 21.5 Å². The number of hydrogen-bond acceptors (Lipinski definition) is 5. The molecule has 2 heterocycles. The molecular formula is C15H11F2N3O2S2. The number of rotatable bonds is 3. The molecule has 0 fully saturated rings. The zero-order valence-corrected chi connectivity index (χ0v) is 14.0. The molecule has 9 heteroatoms. The summed E-state index contributed by atoms with van der Waals surface area (Å²) in [6, 6.07) is 4.68. The van der Waals surface area contributed by atoms with Gasteiger partial charge in [-0.25, -0.2) is 27.3 Å². The molecule has 0 bridgehead atoms. The zero-order valence-electron chi connectivity index (χ0n) is 12.3. The van der Waals surface area contributed by atoms with E-state index in [0.717, 1.165) is 11.8 Å². The molecule has 3 aromatic rings. The Kier molecular flexibility index (Phi) is 4.16. The first-order valence-electron chi connectivity index (χ1n) is 6.67. The van der Waals surface area contributed by atoms with Crippen molar-refractivity contribution in [2.75, 3.05) is 0 Å². The highest BCUT2D eigenvalue weighted by molar-refractivity contribution is 7.89. The number of sulfonamides is 1. The highest BCUT2D eigenvalue weighted by Crippen LogP contribution is 2.34. The third kappa shape index (κ3) is 3.05. The second-order valence-electron chi connectivity index (χ2n) is 5.00. The van der Waals surface area contributed by atoms with Gasteiger partial charge in [-0.15, -0.1) is 11.3 Å². The van der Waals surface area contributed by atoms with E-state index in [9.17, 15) is 17.2 Å². The Balaban J connectivity index is 2.23. The summed E-state index contributed by atoms with van der Waals surface area (Å²) < 4.78 is 51.1. The first-order chi connectivity index (χ1) is 11.3. The minimum absolute atomic E-state index is 0.164. The van der Waals surface area contributed by atoms with Gasteiger partial charge in [0, 0.05) is 28.4 Å². The summed E-state index contributed by atoms with van der Waals surface area (Å²) in [6.07, 6.45) is 1.43. The Morgan fingerprint density at radius 1 is 1.17 bits per heavy atom. The summed E-state index contributed by atoms with van der Waals surface area (Å²) in [5, 5.41) is 7.31. The van der Waals surface area contributed by atoms with Crippen molar-refractivity contribution in [1.82, 2.24) is 9.97 Å². The van der Waals surface area contributed by atoms with Crippen LogP contribution in [0.2, 0.25) is 0 Å². The first-order valence-corrected chi connectivity index (χ1v) is 9.09. The number of benzene rings is 1. The summed E-state index contributed by atoms with van der Waals surface area (Å²) in [6.45, 7) is 1.82. The minimum Gasteiger partial charge on any atom is -0.255 e. The fraction of sp³-hybridized carbons (Fsp3) is 0.0667. The lowest BCUT2D eigenvalue weighted by molar-refractivity contribution is 0.555. The van der Waals surface area contributed by atoms with Crippen LogP contribution < -0.4 is 5.14 Å². The summed E-state index contributed by atoms with van der Waals surface area (Å²) in [5.74, 6) is -2.07. The number of hydrogen-bond donors (Lipinski definition) is 1. The van der Waals surface area contributed by atoms with Crippen LogP contribution in [0.1, 0.15) is 5.69 Å². The number of thiazole rings is 1. The van der Waals surface area contributed by atoms with Crippen molar-refractivity contribution >= 4 is 21.4 Å². The topological polar surface area (TPSA) is 85.9 Å². The summed E-state index contributed by atoms with van der Waals surface area (Å²) >= 11 is 1.35. The number of nitrogens with zero attached hydrogens (tertiary/aromatic N) is 2. The highest BCUT2D eigenvalue weighted by Gasteiger charge is 2.21. The SMILES string of the molecule is Cc1csc(-c2cccnc2-c2cc(F)c(S(N)(=O)=O)cc2F)n1. The molecule has 3 rings (SSSR count). The predicted octanol–water partition coefficient (Wildman–Crippen LogP) is 3.11. The number of aromatic nitrogens is 2. The summed E-state index contributed by atoms with van der Waals surface area (Å²) in [4.78, 5) is 7.53. The van der Waals surface area contributed by atoms with Crippen LogP contribution in [0.5, 0.6) is 0 Å². The van der Waals surface area contributed by atoms with Crippen LogP contribution in [0.3, 0.4) is 0 Å². The van der Waals surface area contributed by atoms with Gasteiger partial charge in [-0.2, -0.15) is 0 Å². The van der Waals surface area contributed by atoms with E-state index in [1.165, 1.54) is 17.5 Å². The summed E-state index contributed by atoms with van der Waals surface area (Å²) in [7, 11) is -4.36. The van der Waals surface area contributed by atoms with Crippen LogP contribution in [0.4, 0.5) is 8.78 Å². The molecular weight excluding hydrogens is 356 g/mol. The Morgan fingerprint density at radius 3 is 2.54 bits per heavy atom. The standard InChI is InChI=1S/C15H11F2N3O2S2/c1-8-7-23-15(20-8)9-3-2-4-19-14(9)10-5-12(17)13(6-11(10)16)24(18,21)22/h2-7H,1H3,(H2,18,21,22). The van der Waals surface area contributed by atoms with Gasteiger partial charge in [-0.1, -0.05) is 0 Å². The lowest BCUT2D eigenvalue weighted by atomic mass is 10.1. The first kappa shape index (κ1) is 16.6. The second-order valence-corrected chi connectivity index (χ2v) is 7.39. The number of halogens is 2. The van der Waals surface area contributed by atoms with Gasteiger partial charge in [-0.05, 0) is 31.2 Å². The van der Waals surface area contributed by atoms with E-state index in [0.29, 0.717) is 16.6 Å². The second kappa shape index (κ2) is 6.00. The molecule has 0 saturated carbocycles. The third-order valence-corrected chi connectivity index (χ3v) is 5.16. The van der Waals surface area contributed by atoms with Gasteiger partial charge in [-0.3, -0.25) is 4.98 Å². The van der Waals surface area contributed by atoms with Crippen molar-refractivity contribution in [2.45, 2.75) is 11.8 Å². The van der Waals surface area contributed by atoms with Crippen LogP contribution in [0, 0.1) is 18.6 Å². The Bertz CT molecular complexity index is 1030. The van der Waals surface area contributed by atoms with Gasteiger partial charge in [0.2, 0.25) is 10.0 Å². The molecule has 0 saturated heterocycles. The van der Waals surface area contributed by atoms with Crippen LogP contribution in [-0.2, 0) is 10.0 Å². The van der Waals surface area contributed by atoms with Crippen molar-refractivity contribution in [3.63, 3.8) is 0 Å². The maximum Gasteiger partial charge on any atom is 0.241 e. The van der Waals surface area contributed by atoms with E-state index in [1.807, 2.05) is 12.3 Å². The molecule has 0 radical (unpaired) electrons. The average Bonchev–Trinajstić information content (AvgIpc) is 2.94. The molecule has 0 amide bonds. The number of nitrogens with two attached hydrogens (primary N) is 1. The number of pyridine rings is 1. The fourth-order valence-electron chi connectivity index (χ4n) is 2.20. The fourth-order valence-corrected chi connectivity index (χ4v) is 3.62. The van der Waals surface area contributed by atoms with Crippen molar-refractivity contribution in [2.24, 2.45) is 5.14 Å². The Morgan fingerprint density at radius 2 is 1.92 bits per heavy atom. The molecule has 24 heavy (non-hydrogen) atoms. The van der Waals surface area contributed by atoms with E-state index in [1.54, 1.807) is 12.1 Å². The maximum atomic E-state index is 14.4. The van der Waals surface area contributed by atoms with Crippen molar-refractivity contribution in [1.29, 1.82) is 0 Å². The average molecular weight is 367 g/mol. The molecule has 0 aliphatic carbocycles. The van der Waals surface area contributed by atoms with E-state index >= 15 is 0 Å². The number of primary sulfonamides is 1. The Hall–Kier alpha value is -2.23. The van der Waals surface area contributed by atoms with Gasteiger partial charge < -0.3 is 0 Å². The molecule has 124 valence electrons. The number of aryl methyl sites for hydroxylation is 1. The van der Waals surface area contributed by atoms with Crippen LogP contribution >= 0.6 is 11.3 Å².